The highest BCUT2D eigenvalue weighted by atomic mass is 32.1. The molecular weight excluding hydrogens is 430 g/mol. The zero-order valence-corrected chi connectivity index (χ0v) is 19.9. The van der Waals surface area contributed by atoms with Crippen molar-refractivity contribution in [3.63, 3.8) is 0 Å². The van der Waals surface area contributed by atoms with Gasteiger partial charge in [0.15, 0.2) is 0 Å². The third-order valence-electron chi connectivity index (χ3n) is 5.08. The van der Waals surface area contributed by atoms with E-state index in [1.54, 1.807) is 12.0 Å². The van der Waals surface area contributed by atoms with Crippen LogP contribution in [-0.2, 0) is 15.0 Å². The minimum atomic E-state index is -0.221. The highest BCUT2D eigenvalue weighted by molar-refractivity contribution is 7.15. The fourth-order valence-corrected chi connectivity index (χ4v) is 3.92. The zero-order chi connectivity index (χ0) is 23.1. The minimum Gasteiger partial charge on any atom is -0.497 e. The third kappa shape index (κ3) is 6.89. The second kappa shape index (κ2) is 10.7. The van der Waals surface area contributed by atoms with E-state index in [4.69, 9.17) is 9.47 Å². The van der Waals surface area contributed by atoms with Crippen molar-refractivity contribution in [3.05, 3.63) is 29.3 Å². The number of benzene rings is 1. The maximum absolute atomic E-state index is 12.5. The zero-order valence-electron chi connectivity index (χ0n) is 19.1. The number of amides is 2. The Balaban J connectivity index is 1.35. The number of rotatable bonds is 8. The lowest BCUT2D eigenvalue weighted by atomic mass is 9.98. The number of anilines is 1. The van der Waals surface area contributed by atoms with E-state index in [0.717, 1.165) is 29.6 Å². The fourth-order valence-electron chi connectivity index (χ4n) is 3.10. The van der Waals surface area contributed by atoms with Crippen LogP contribution in [0.4, 0.5) is 5.13 Å². The molecule has 0 atom stereocenters. The Hall–Kier alpha value is -2.72. The van der Waals surface area contributed by atoms with Crippen LogP contribution in [0.3, 0.4) is 0 Å². The van der Waals surface area contributed by atoms with Crippen LogP contribution in [0, 0.1) is 0 Å². The smallest absolute Gasteiger partial charge is 0.226 e. The van der Waals surface area contributed by atoms with Crippen molar-refractivity contribution in [1.82, 2.24) is 20.0 Å². The molecule has 2 heterocycles. The lowest BCUT2D eigenvalue weighted by Crippen LogP contribution is -2.49. The minimum absolute atomic E-state index is 0.0106. The maximum atomic E-state index is 12.5. The highest BCUT2D eigenvalue weighted by Crippen LogP contribution is 2.27. The Morgan fingerprint density at radius 1 is 1.03 bits per heavy atom. The monoisotopic (exact) mass is 461 g/mol. The van der Waals surface area contributed by atoms with E-state index >= 15 is 0 Å². The molecule has 0 unspecified atom stereocenters. The number of nitrogens with one attached hydrogen (secondary N) is 1. The molecule has 1 aromatic heterocycles. The van der Waals surface area contributed by atoms with Crippen molar-refractivity contribution < 1.29 is 19.1 Å². The normalized spacial score (nSPS) is 14.8. The van der Waals surface area contributed by atoms with Crippen molar-refractivity contribution in [2.75, 3.05) is 45.3 Å². The molecule has 1 aliphatic rings. The van der Waals surface area contributed by atoms with Gasteiger partial charge in [-0.3, -0.25) is 14.5 Å². The van der Waals surface area contributed by atoms with Gasteiger partial charge in [-0.1, -0.05) is 32.1 Å². The van der Waals surface area contributed by atoms with E-state index in [9.17, 15) is 9.59 Å². The number of ether oxygens (including phenoxy) is 2. The number of aromatic nitrogens is 2. The van der Waals surface area contributed by atoms with E-state index in [1.807, 2.05) is 45.0 Å². The second-order valence-electron chi connectivity index (χ2n) is 8.66. The first-order chi connectivity index (χ1) is 15.2. The van der Waals surface area contributed by atoms with Crippen LogP contribution in [0.2, 0.25) is 0 Å². The lowest BCUT2D eigenvalue weighted by Gasteiger charge is -2.34. The molecule has 1 aromatic carbocycles. The largest absolute Gasteiger partial charge is 0.497 e. The SMILES string of the molecule is COc1ccc(OCN2CCN(C(=O)CCC(=O)Nc3nnc(C(C)(C)C)s3)CC2)cc1. The van der Waals surface area contributed by atoms with Gasteiger partial charge in [-0.15, -0.1) is 10.2 Å². The van der Waals surface area contributed by atoms with E-state index in [2.05, 4.69) is 20.4 Å². The first-order valence-electron chi connectivity index (χ1n) is 10.7. The number of carbonyl (C=O) groups is 2. The van der Waals surface area contributed by atoms with Gasteiger partial charge < -0.3 is 19.7 Å². The Morgan fingerprint density at radius 2 is 1.69 bits per heavy atom. The summed E-state index contributed by atoms with van der Waals surface area (Å²) in [6.07, 6.45) is 0.309. The molecule has 1 saturated heterocycles. The Morgan fingerprint density at radius 3 is 2.28 bits per heavy atom. The molecule has 0 aliphatic carbocycles. The molecule has 0 radical (unpaired) electrons. The van der Waals surface area contributed by atoms with Gasteiger partial charge in [0.25, 0.3) is 0 Å². The molecule has 1 aliphatic heterocycles. The molecule has 0 bridgehead atoms. The van der Waals surface area contributed by atoms with Crippen LogP contribution in [0.5, 0.6) is 11.5 Å². The molecule has 2 amide bonds. The number of carbonyl (C=O) groups excluding carboxylic acids is 2. The van der Waals surface area contributed by atoms with Gasteiger partial charge in [-0.05, 0) is 24.3 Å². The number of piperazine rings is 1. The Kier molecular flexibility index (Phi) is 8.03. The average molecular weight is 462 g/mol. The summed E-state index contributed by atoms with van der Waals surface area (Å²) in [5, 5.41) is 12.2. The number of nitrogens with zero attached hydrogens (tertiary/aromatic N) is 4. The quantitative estimate of drug-likeness (QED) is 0.646. The molecule has 2 aromatic rings. The molecule has 10 heteroatoms. The molecular formula is C22H31N5O4S. The van der Waals surface area contributed by atoms with Crippen molar-refractivity contribution in [1.29, 1.82) is 0 Å². The average Bonchev–Trinajstić information content (AvgIpc) is 3.26. The second-order valence-corrected chi connectivity index (χ2v) is 9.64. The van der Waals surface area contributed by atoms with Crippen molar-refractivity contribution in [2.45, 2.75) is 39.0 Å². The lowest BCUT2D eigenvalue weighted by molar-refractivity contribution is -0.134. The summed E-state index contributed by atoms with van der Waals surface area (Å²) in [6, 6.07) is 7.46. The maximum Gasteiger partial charge on any atom is 0.226 e. The molecule has 1 N–H and O–H groups in total. The molecule has 174 valence electrons. The molecule has 0 saturated carbocycles. The topological polar surface area (TPSA) is 96.9 Å². The molecule has 0 spiro atoms. The fraction of sp³-hybridized carbons (Fsp3) is 0.545. The van der Waals surface area contributed by atoms with Gasteiger partial charge >= 0.3 is 0 Å². The standard InChI is InChI=1S/C22H31N5O4S/c1-22(2,3)20-24-25-21(32-20)23-18(28)9-10-19(29)27-13-11-26(12-14-27)15-31-17-7-5-16(30-4)6-8-17/h5-8H,9-15H2,1-4H3,(H,23,25,28). The van der Waals surface area contributed by atoms with Crippen LogP contribution in [0.25, 0.3) is 0 Å². The van der Waals surface area contributed by atoms with Crippen LogP contribution in [0.15, 0.2) is 24.3 Å². The van der Waals surface area contributed by atoms with Gasteiger partial charge in [0.05, 0.1) is 7.11 Å². The number of hydrogen-bond acceptors (Lipinski definition) is 8. The van der Waals surface area contributed by atoms with Gasteiger partial charge in [0, 0.05) is 44.4 Å². The third-order valence-corrected chi connectivity index (χ3v) is 6.34. The van der Waals surface area contributed by atoms with Crippen molar-refractivity contribution >= 4 is 28.3 Å². The van der Waals surface area contributed by atoms with Crippen LogP contribution < -0.4 is 14.8 Å². The number of methoxy groups -OCH3 is 1. The Bertz CT molecular complexity index is 902. The number of hydrogen-bond donors (Lipinski definition) is 1. The summed E-state index contributed by atoms with van der Waals surface area (Å²) in [4.78, 5) is 28.7. The summed E-state index contributed by atoms with van der Waals surface area (Å²) in [6.45, 7) is 9.31. The van der Waals surface area contributed by atoms with E-state index in [0.29, 0.717) is 25.0 Å². The molecule has 3 rings (SSSR count). The van der Waals surface area contributed by atoms with Crippen molar-refractivity contribution in [2.24, 2.45) is 0 Å². The highest BCUT2D eigenvalue weighted by Gasteiger charge is 2.23. The predicted octanol–water partition coefficient (Wildman–Crippen LogP) is 2.74. The predicted molar refractivity (Wildman–Crippen MR) is 123 cm³/mol. The summed E-state index contributed by atoms with van der Waals surface area (Å²) < 4.78 is 10.9. The van der Waals surface area contributed by atoms with Gasteiger partial charge in [0.1, 0.15) is 23.2 Å². The summed E-state index contributed by atoms with van der Waals surface area (Å²) in [5.41, 5.74) is -0.113. The van der Waals surface area contributed by atoms with Crippen LogP contribution in [0.1, 0.15) is 38.6 Å². The van der Waals surface area contributed by atoms with Crippen LogP contribution >= 0.6 is 11.3 Å². The van der Waals surface area contributed by atoms with Gasteiger partial charge in [-0.2, -0.15) is 0 Å². The first-order valence-corrected chi connectivity index (χ1v) is 11.5. The van der Waals surface area contributed by atoms with Gasteiger partial charge in [0.2, 0.25) is 16.9 Å². The van der Waals surface area contributed by atoms with E-state index in [1.165, 1.54) is 11.3 Å². The molecule has 9 nitrogen and oxygen atoms in total. The van der Waals surface area contributed by atoms with E-state index < -0.39 is 0 Å². The summed E-state index contributed by atoms with van der Waals surface area (Å²) >= 11 is 1.36. The Labute approximate surface area is 192 Å². The van der Waals surface area contributed by atoms with Gasteiger partial charge in [-0.25, -0.2) is 0 Å². The first kappa shape index (κ1) is 23.9. The summed E-state index contributed by atoms with van der Waals surface area (Å²) in [7, 11) is 1.63. The molecule has 32 heavy (non-hydrogen) atoms. The molecule has 1 fully saturated rings. The van der Waals surface area contributed by atoms with E-state index in [-0.39, 0.29) is 30.1 Å². The van der Waals surface area contributed by atoms with Crippen LogP contribution in [-0.4, -0.2) is 71.8 Å². The van der Waals surface area contributed by atoms with Crippen molar-refractivity contribution in [3.8, 4) is 11.5 Å². The summed E-state index contributed by atoms with van der Waals surface area (Å²) in [5.74, 6) is 1.33.